The highest BCUT2D eigenvalue weighted by molar-refractivity contribution is 5.93. The smallest absolute Gasteiger partial charge is 0.250 e. The SMILES string of the molecule is CCc1nc(OCc2c(-c3ccccn3)noc2C)ccc1C(N)=O. The van der Waals surface area contributed by atoms with Crippen LogP contribution in [0, 0.1) is 6.92 Å². The monoisotopic (exact) mass is 338 g/mol. The van der Waals surface area contributed by atoms with Crippen LogP contribution in [0.3, 0.4) is 0 Å². The van der Waals surface area contributed by atoms with Gasteiger partial charge in [-0.05, 0) is 31.5 Å². The zero-order valence-electron chi connectivity index (χ0n) is 14.0. The Labute approximate surface area is 144 Å². The Morgan fingerprint density at radius 1 is 1.28 bits per heavy atom. The molecule has 0 radical (unpaired) electrons. The van der Waals surface area contributed by atoms with Crippen molar-refractivity contribution in [3.05, 3.63) is 59.1 Å². The van der Waals surface area contributed by atoms with E-state index in [0.717, 1.165) is 5.56 Å². The molecule has 0 fully saturated rings. The minimum Gasteiger partial charge on any atom is -0.473 e. The van der Waals surface area contributed by atoms with Gasteiger partial charge in [-0.3, -0.25) is 9.78 Å². The number of hydrogen-bond acceptors (Lipinski definition) is 6. The molecule has 1 amide bonds. The van der Waals surface area contributed by atoms with Gasteiger partial charge in [0.1, 0.15) is 18.1 Å². The van der Waals surface area contributed by atoms with Crippen molar-refractivity contribution in [3.63, 3.8) is 0 Å². The van der Waals surface area contributed by atoms with Gasteiger partial charge in [0.05, 0.1) is 22.5 Å². The van der Waals surface area contributed by atoms with E-state index < -0.39 is 5.91 Å². The maximum Gasteiger partial charge on any atom is 0.250 e. The van der Waals surface area contributed by atoms with Gasteiger partial charge >= 0.3 is 0 Å². The molecule has 0 saturated carbocycles. The molecule has 0 spiro atoms. The molecule has 3 aromatic heterocycles. The Balaban J connectivity index is 1.83. The van der Waals surface area contributed by atoms with E-state index in [1.165, 1.54) is 0 Å². The number of rotatable bonds is 6. The molecule has 3 heterocycles. The molecule has 0 aliphatic heterocycles. The van der Waals surface area contributed by atoms with Crippen molar-refractivity contribution < 1.29 is 14.1 Å². The van der Waals surface area contributed by atoms with Crippen LogP contribution in [0.15, 0.2) is 41.1 Å². The second-order valence-electron chi connectivity index (χ2n) is 5.43. The van der Waals surface area contributed by atoms with Crippen molar-refractivity contribution in [1.82, 2.24) is 15.1 Å². The summed E-state index contributed by atoms with van der Waals surface area (Å²) in [6.07, 6.45) is 2.28. The van der Waals surface area contributed by atoms with Crippen molar-refractivity contribution >= 4 is 5.91 Å². The lowest BCUT2D eigenvalue weighted by molar-refractivity contribution is 0.0999. The van der Waals surface area contributed by atoms with Gasteiger partial charge in [-0.15, -0.1) is 0 Å². The van der Waals surface area contributed by atoms with Gasteiger partial charge in [0.2, 0.25) is 5.88 Å². The summed E-state index contributed by atoms with van der Waals surface area (Å²) in [5, 5.41) is 4.07. The van der Waals surface area contributed by atoms with Gasteiger partial charge in [0.25, 0.3) is 5.91 Å². The fourth-order valence-corrected chi connectivity index (χ4v) is 2.47. The zero-order valence-corrected chi connectivity index (χ0v) is 14.0. The molecule has 7 heteroatoms. The fourth-order valence-electron chi connectivity index (χ4n) is 2.47. The Morgan fingerprint density at radius 3 is 2.80 bits per heavy atom. The first-order valence-corrected chi connectivity index (χ1v) is 7.89. The van der Waals surface area contributed by atoms with Crippen LogP contribution >= 0.6 is 0 Å². The molecule has 0 atom stereocenters. The maximum atomic E-state index is 11.4. The van der Waals surface area contributed by atoms with Gasteiger partial charge in [0.15, 0.2) is 0 Å². The van der Waals surface area contributed by atoms with Crippen molar-refractivity contribution in [3.8, 4) is 17.3 Å². The van der Waals surface area contributed by atoms with Crippen molar-refractivity contribution in [1.29, 1.82) is 0 Å². The van der Waals surface area contributed by atoms with Crippen molar-refractivity contribution in [2.24, 2.45) is 5.73 Å². The third-order valence-corrected chi connectivity index (χ3v) is 3.81. The quantitative estimate of drug-likeness (QED) is 0.741. The molecular formula is C18H18N4O3. The number of pyridine rings is 2. The van der Waals surface area contributed by atoms with E-state index in [2.05, 4.69) is 15.1 Å². The Morgan fingerprint density at radius 2 is 2.12 bits per heavy atom. The summed E-state index contributed by atoms with van der Waals surface area (Å²) in [6.45, 7) is 3.95. The summed E-state index contributed by atoms with van der Waals surface area (Å²) >= 11 is 0. The highest BCUT2D eigenvalue weighted by Gasteiger charge is 2.17. The lowest BCUT2D eigenvalue weighted by Crippen LogP contribution is -2.15. The number of carbonyl (C=O) groups excluding carboxylic acids is 1. The number of carbonyl (C=O) groups is 1. The highest BCUT2D eigenvalue weighted by Crippen LogP contribution is 2.25. The van der Waals surface area contributed by atoms with Crippen molar-refractivity contribution in [2.45, 2.75) is 26.9 Å². The third kappa shape index (κ3) is 3.50. The van der Waals surface area contributed by atoms with E-state index in [1.807, 2.05) is 32.0 Å². The van der Waals surface area contributed by atoms with Crippen molar-refractivity contribution in [2.75, 3.05) is 0 Å². The van der Waals surface area contributed by atoms with E-state index in [1.54, 1.807) is 18.3 Å². The molecule has 25 heavy (non-hydrogen) atoms. The summed E-state index contributed by atoms with van der Waals surface area (Å²) in [5.41, 5.74) is 8.52. The number of amides is 1. The van der Waals surface area contributed by atoms with E-state index in [0.29, 0.717) is 40.7 Å². The first kappa shape index (κ1) is 16.6. The number of aryl methyl sites for hydroxylation is 2. The van der Waals surface area contributed by atoms with Gasteiger partial charge < -0.3 is 15.0 Å². The van der Waals surface area contributed by atoms with Gasteiger partial charge in [-0.1, -0.05) is 18.1 Å². The van der Waals surface area contributed by atoms with Gasteiger partial charge in [-0.2, -0.15) is 0 Å². The number of primary amides is 1. The number of aromatic nitrogens is 3. The van der Waals surface area contributed by atoms with Crippen LogP contribution in [0.4, 0.5) is 0 Å². The lowest BCUT2D eigenvalue weighted by Gasteiger charge is -2.09. The molecule has 0 saturated heterocycles. The van der Waals surface area contributed by atoms with Crippen LogP contribution < -0.4 is 10.5 Å². The van der Waals surface area contributed by atoms with E-state index in [4.69, 9.17) is 15.0 Å². The van der Waals surface area contributed by atoms with Crippen LogP contribution in [-0.2, 0) is 13.0 Å². The summed E-state index contributed by atoms with van der Waals surface area (Å²) in [6, 6.07) is 8.83. The number of nitrogens with two attached hydrogens (primary N) is 1. The molecule has 3 rings (SSSR count). The van der Waals surface area contributed by atoms with Crippen LogP contribution in [0.2, 0.25) is 0 Å². The normalized spacial score (nSPS) is 10.6. The molecule has 0 aromatic carbocycles. The van der Waals surface area contributed by atoms with Crippen LogP contribution in [0.5, 0.6) is 5.88 Å². The highest BCUT2D eigenvalue weighted by atomic mass is 16.5. The van der Waals surface area contributed by atoms with Gasteiger partial charge in [0, 0.05) is 12.3 Å². The number of hydrogen-bond donors (Lipinski definition) is 1. The molecule has 0 bridgehead atoms. The largest absolute Gasteiger partial charge is 0.473 e. The molecule has 7 nitrogen and oxygen atoms in total. The Hall–Kier alpha value is -3.22. The van der Waals surface area contributed by atoms with E-state index >= 15 is 0 Å². The van der Waals surface area contributed by atoms with E-state index in [-0.39, 0.29) is 6.61 Å². The third-order valence-electron chi connectivity index (χ3n) is 3.81. The molecule has 3 aromatic rings. The van der Waals surface area contributed by atoms with E-state index in [9.17, 15) is 4.79 Å². The summed E-state index contributed by atoms with van der Waals surface area (Å²) < 4.78 is 11.1. The van der Waals surface area contributed by atoms with Crippen LogP contribution in [0.1, 0.15) is 34.3 Å². The zero-order chi connectivity index (χ0) is 17.8. The summed E-state index contributed by atoms with van der Waals surface area (Å²) in [5.74, 6) is 0.572. The summed E-state index contributed by atoms with van der Waals surface area (Å²) in [4.78, 5) is 20.0. The molecule has 0 aliphatic carbocycles. The molecular weight excluding hydrogens is 320 g/mol. The topological polar surface area (TPSA) is 104 Å². The molecule has 0 aliphatic rings. The van der Waals surface area contributed by atoms with Gasteiger partial charge in [-0.25, -0.2) is 4.98 Å². The first-order valence-electron chi connectivity index (χ1n) is 7.89. The average Bonchev–Trinajstić information content (AvgIpc) is 3.00. The molecule has 2 N–H and O–H groups in total. The van der Waals surface area contributed by atoms with Crippen LogP contribution in [0.25, 0.3) is 11.4 Å². The van der Waals surface area contributed by atoms with Crippen LogP contribution in [-0.4, -0.2) is 21.0 Å². The fraction of sp³-hybridized carbons (Fsp3) is 0.222. The predicted molar refractivity (Wildman–Crippen MR) is 90.9 cm³/mol. The second kappa shape index (κ2) is 7.12. The predicted octanol–water partition coefficient (Wildman–Crippen LogP) is 2.68. The number of nitrogens with zero attached hydrogens (tertiary/aromatic N) is 3. The summed E-state index contributed by atoms with van der Waals surface area (Å²) in [7, 11) is 0. The second-order valence-corrected chi connectivity index (χ2v) is 5.43. The Kier molecular flexibility index (Phi) is 4.74. The standard InChI is InChI=1S/C18H18N4O3/c1-3-14-12(18(19)23)7-8-16(21-14)24-10-13-11(2)25-22-17(13)15-6-4-5-9-20-15/h4-9H,3,10H2,1-2H3,(H2,19,23). The Bertz CT molecular complexity index is 891. The lowest BCUT2D eigenvalue weighted by atomic mass is 10.1. The minimum atomic E-state index is -0.497. The average molecular weight is 338 g/mol. The molecule has 128 valence electrons. The number of ether oxygens (including phenoxy) is 1. The first-order chi connectivity index (χ1) is 12.1. The minimum absolute atomic E-state index is 0.229. The molecule has 0 unspecified atom stereocenters. The maximum absolute atomic E-state index is 11.4.